The van der Waals surface area contributed by atoms with Crippen LogP contribution in [0.15, 0.2) is 60.7 Å². The lowest BCUT2D eigenvalue weighted by atomic mass is 9.86. The summed E-state index contributed by atoms with van der Waals surface area (Å²) in [5.74, 6) is 1.41. The lowest BCUT2D eigenvalue weighted by Gasteiger charge is -2.38. The summed E-state index contributed by atoms with van der Waals surface area (Å²) in [6.45, 7) is 7.00. The summed E-state index contributed by atoms with van der Waals surface area (Å²) in [4.78, 5) is 15.3. The fraction of sp³-hybridized carbons (Fsp3) is 0.269. The van der Waals surface area contributed by atoms with E-state index >= 15 is 0 Å². The summed E-state index contributed by atoms with van der Waals surface area (Å²) in [5.41, 5.74) is 5.00. The third kappa shape index (κ3) is 4.26. The van der Waals surface area contributed by atoms with Crippen molar-refractivity contribution in [2.24, 2.45) is 0 Å². The fourth-order valence-electron chi connectivity index (χ4n) is 4.07. The minimum Gasteiger partial charge on any atom is -0.490 e. The molecular weight excluding hydrogens is 410 g/mol. The number of hydrogen-bond donors (Lipinski definition) is 0. The van der Waals surface area contributed by atoms with Crippen LogP contribution in [0.25, 0.3) is 0 Å². The number of carbonyl (C=O) groups is 1. The summed E-state index contributed by atoms with van der Waals surface area (Å²) >= 11 is 6.16. The molecule has 0 saturated heterocycles. The van der Waals surface area contributed by atoms with Gasteiger partial charge in [-0.3, -0.25) is 4.79 Å². The van der Waals surface area contributed by atoms with Crippen LogP contribution < -0.4 is 14.4 Å². The van der Waals surface area contributed by atoms with Crippen molar-refractivity contribution < 1.29 is 14.3 Å². The number of hydrogen-bond acceptors (Lipinski definition) is 3. The van der Waals surface area contributed by atoms with Crippen molar-refractivity contribution in [3.63, 3.8) is 0 Å². The maximum absolute atomic E-state index is 13.4. The van der Waals surface area contributed by atoms with E-state index in [1.807, 2.05) is 86.3 Å². The average Bonchev–Trinajstić information content (AvgIpc) is 2.75. The Hall–Kier alpha value is -2.98. The van der Waals surface area contributed by atoms with Crippen LogP contribution in [0, 0.1) is 6.92 Å². The minimum absolute atomic E-state index is 0.0444. The van der Waals surface area contributed by atoms with Crippen molar-refractivity contribution in [1.29, 1.82) is 0 Å². The molecule has 31 heavy (non-hydrogen) atoms. The summed E-state index contributed by atoms with van der Waals surface area (Å²) in [6, 6.07) is 19.4. The Morgan fingerprint density at radius 1 is 0.935 bits per heavy atom. The zero-order chi connectivity index (χ0) is 22.0. The molecule has 0 fully saturated rings. The van der Waals surface area contributed by atoms with E-state index in [-0.39, 0.29) is 11.9 Å². The van der Waals surface area contributed by atoms with E-state index in [9.17, 15) is 4.79 Å². The lowest BCUT2D eigenvalue weighted by Crippen LogP contribution is -2.41. The van der Waals surface area contributed by atoms with E-state index in [4.69, 9.17) is 21.1 Å². The number of ether oxygens (including phenoxy) is 2. The van der Waals surface area contributed by atoms with Gasteiger partial charge in [0, 0.05) is 10.7 Å². The number of aryl methyl sites for hydroxylation is 1. The molecule has 0 saturated carbocycles. The predicted molar refractivity (Wildman–Crippen MR) is 124 cm³/mol. The molecule has 0 bridgehead atoms. The van der Waals surface area contributed by atoms with Crippen LogP contribution in [0.4, 0.5) is 5.69 Å². The molecule has 0 aromatic heterocycles. The molecule has 3 aromatic carbocycles. The number of carbonyl (C=O) groups excluding carboxylic acids is 1. The highest BCUT2D eigenvalue weighted by Crippen LogP contribution is 2.43. The quantitative estimate of drug-likeness (QED) is 0.467. The number of halogens is 1. The van der Waals surface area contributed by atoms with Crippen LogP contribution in [-0.4, -0.2) is 19.1 Å². The first-order valence-electron chi connectivity index (χ1n) is 10.6. The maximum atomic E-state index is 13.4. The molecule has 1 amide bonds. The molecule has 1 atom stereocenters. The topological polar surface area (TPSA) is 38.8 Å². The number of amides is 1. The summed E-state index contributed by atoms with van der Waals surface area (Å²) < 4.78 is 11.7. The first-order valence-corrected chi connectivity index (χ1v) is 11.0. The van der Waals surface area contributed by atoms with Gasteiger partial charge in [0.05, 0.1) is 25.7 Å². The highest BCUT2D eigenvalue weighted by molar-refractivity contribution is 6.30. The van der Waals surface area contributed by atoms with Crippen molar-refractivity contribution in [3.8, 4) is 11.5 Å². The molecule has 0 N–H and O–H groups in total. The Bertz CT molecular complexity index is 1080. The number of benzene rings is 3. The first kappa shape index (κ1) is 21.3. The van der Waals surface area contributed by atoms with Crippen LogP contribution in [0.2, 0.25) is 5.02 Å². The molecule has 0 radical (unpaired) electrons. The highest BCUT2D eigenvalue weighted by Gasteiger charge is 2.36. The van der Waals surface area contributed by atoms with Gasteiger partial charge in [0.2, 0.25) is 5.91 Å². The predicted octanol–water partition coefficient (Wildman–Crippen LogP) is 6.12. The monoisotopic (exact) mass is 435 g/mol. The molecule has 0 unspecified atom stereocenters. The molecule has 0 aliphatic carbocycles. The molecule has 0 spiro atoms. The van der Waals surface area contributed by atoms with Crippen molar-refractivity contribution in [2.75, 3.05) is 18.1 Å². The Balaban J connectivity index is 1.91. The van der Waals surface area contributed by atoms with Gasteiger partial charge in [0.25, 0.3) is 0 Å². The van der Waals surface area contributed by atoms with E-state index in [2.05, 4.69) is 0 Å². The first-order chi connectivity index (χ1) is 15.0. The van der Waals surface area contributed by atoms with Gasteiger partial charge >= 0.3 is 0 Å². The lowest BCUT2D eigenvalue weighted by molar-refractivity contribution is -0.118. The van der Waals surface area contributed by atoms with E-state index < -0.39 is 0 Å². The summed E-state index contributed by atoms with van der Waals surface area (Å²) in [6.07, 6.45) is 0.305. The van der Waals surface area contributed by atoms with Crippen molar-refractivity contribution >= 4 is 23.2 Å². The van der Waals surface area contributed by atoms with Crippen molar-refractivity contribution in [3.05, 3.63) is 87.9 Å². The van der Waals surface area contributed by atoms with Gasteiger partial charge in [-0.1, -0.05) is 41.4 Å². The van der Waals surface area contributed by atoms with Crippen LogP contribution in [0.1, 0.15) is 42.1 Å². The normalized spacial score (nSPS) is 15.5. The van der Waals surface area contributed by atoms with Gasteiger partial charge in [-0.15, -0.1) is 0 Å². The molecule has 1 heterocycles. The minimum atomic E-state index is -0.286. The number of anilines is 1. The van der Waals surface area contributed by atoms with Gasteiger partial charge in [0.15, 0.2) is 11.5 Å². The van der Waals surface area contributed by atoms with Crippen molar-refractivity contribution in [2.45, 2.75) is 33.2 Å². The SMILES string of the molecule is CCOc1cc2c(cc1OCC)[C@@H](c1ccc(Cl)cc1)N(c1ccc(C)cc1)C(=O)C2. The Morgan fingerprint density at radius 2 is 1.55 bits per heavy atom. The van der Waals surface area contributed by atoms with Crippen LogP contribution in [-0.2, 0) is 11.2 Å². The van der Waals surface area contributed by atoms with Gasteiger partial charge in [-0.2, -0.15) is 0 Å². The van der Waals surface area contributed by atoms with Gasteiger partial charge in [-0.25, -0.2) is 0 Å². The second-order valence-electron chi connectivity index (χ2n) is 7.59. The van der Waals surface area contributed by atoms with Crippen LogP contribution in [0.5, 0.6) is 11.5 Å². The number of rotatable bonds is 6. The largest absolute Gasteiger partial charge is 0.490 e. The molecule has 1 aliphatic heterocycles. The maximum Gasteiger partial charge on any atom is 0.232 e. The smallest absolute Gasteiger partial charge is 0.232 e. The second-order valence-corrected chi connectivity index (χ2v) is 8.03. The van der Waals surface area contributed by atoms with E-state index in [1.165, 1.54) is 0 Å². The van der Waals surface area contributed by atoms with Crippen LogP contribution >= 0.6 is 11.6 Å². The molecule has 4 rings (SSSR count). The highest BCUT2D eigenvalue weighted by atomic mass is 35.5. The summed E-state index contributed by atoms with van der Waals surface area (Å²) in [5, 5.41) is 0.662. The second kappa shape index (κ2) is 9.03. The zero-order valence-corrected chi connectivity index (χ0v) is 18.8. The van der Waals surface area contributed by atoms with Crippen molar-refractivity contribution in [1.82, 2.24) is 0 Å². The van der Waals surface area contributed by atoms with Gasteiger partial charge < -0.3 is 14.4 Å². The molecule has 4 nitrogen and oxygen atoms in total. The molecule has 160 valence electrons. The standard InChI is InChI=1S/C26H26ClNO3/c1-4-30-23-14-19-15-25(29)28(21-12-6-17(3)7-13-21)26(18-8-10-20(27)11-9-18)22(19)16-24(23)31-5-2/h6-14,16,26H,4-5,15H2,1-3H3/t26-/m1/s1. The number of nitrogens with zero attached hydrogens (tertiary/aromatic N) is 1. The molecule has 1 aliphatic rings. The van der Waals surface area contributed by atoms with Gasteiger partial charge in [0.1, 0.15) is 0 Å². The van der Waals surface area contributed by atoms with E-state index in [0.717, 1.165) is 27.9 Å². The van der Waals surface area contributed by atoms with Crippen LogP contribution in [0.3, 0.4) is 0 Å². The third-order valence-corrected chi connectivity index (χ3v) is 5.72. The van der Waals surface area contributed by atoms with Gasteiger partial charge in [-0.05, 0) is 73.9 Å². The number of fused-ring (bicyclic) bond motifs is 1. The molecule has 3 aromatic rings. The Morgan fingerprint density at radius 3 is 2.16 bits per heavy atom. The Kier molecular flexibility index (Phi) is 6.19. The molecular formula is C26H26ClNO3. The van der Waals surface area contributed by atoms with E-state index in [1.54, 1.807) is 0 Å². The van der Waals surface area contributed by atoms with E-state index in [0.29, 0.717) is 36.2 Å². The third-order valence-electron chi connectivity index (χ3n) is 5.47. The fourth-order valence-corrected chi connectivity index (χ4v) is 4.19. The Labute approximate surface area is 188 Å². The average molecular weight is 436 g/mol. The summed E-state index contributed by atoms with van der Waals surface area (Å²) in [7, 11) is 0. The zero-order valence-electron chi connectivity index (χ0n) is 18.0. The molecule has 5 heteroatoms.